The molecule has 70 valence electrons. The molecule has 0 amide bonds. The molecule has 4 atom stereocenters. The number of hydrogen-bond acceptors (Lipinski definition) is 3. The molecular weight excluding hydrogens is 168 g/mol. The van der Waals surface area contributed by atoms with E-state index in [9.17, 15) is 9.59 Å². The van der Waals surface area contributed by atoms with Crippen LogP contribution in [-0.4, -0.2) is 18.4 Å². The first-order chi connectivity index (χ1) is 6.27. The zero-order valence-corrected chi connectivity index (χ0v) is 7.36. The van der Waals surface area contributed by atoms with Crippen molar-refractivity contribution in [3.05, 3.63) is 0 Å². The molecule has 3 nitrogen and oxygen atoms in total. The number of carbonyl (C=O) groups is 2. The summed E-state index contributed by atoms with van der Waals surface area (Å²) >= 11 is 0. The van der Waals surface area contributed by atoms with E-state index in [1.54, 1.807) is 0 Å². The number of hydrogen-bond donors (Lipinski definition) is 0. The molecule has 13 heavy (non-hydrogen) atoms. The summed E-state index contributed by atoms with van der Waals surface area (Å²) in [6.45, 7) is 0.496. The van der Waals surface area contributed by atoms with Crippen LogP contribution in [0.15, 0.2) is 0 Å². The number of carbonyl (C=O) groups excluding carboxylic acids is 2. The zero-order chi connectivity index (χ0) is 9.00. The SMILES string of the molecule is O=C1CC2CCC1C1COC(=O)C21. The van der Waals surface area contributed by atoms with E-state index in [1.165, 1.54) is 0 Å². The molecule has 4 rings (SSSR count). The Balaban J connectivity index is 1.98. The summed E-state index contributed by atoms with van der Waals surface area (Å²) < 4.78 is 5.04. The largest absolute Gasteiger partial charge is 0.465 e. The molecule has 1 aliphatic heterocycles. The molecule has 3 aliphatic carbocycles. The third-order valence-corrected chi connectivity index (χ3v) is 3.90. The highest BCUT2D eigenvalue weighted by Crippen LogP contribution is 2.50. The van der Waals surface area contributed by atoms with E-state index >= 15 is 0 Å². The van der Waals surface area contributed by atoms with E-state index in [0.717, 1.165) is 12.8 Å². The standard InChI is InChI=1S/C10H12O3/c11-8-3-5-1-2-6(8)7-4-13-10(12)9(5)7/h5-7,9H,1-4H2. The average molecular weight is 180 g/mol. The summed E-state index contributed by atoms with van der Waals surface area (Å²) in [6, 6.07) is 0. The Morgan fingerprint density at radius 1 is 1.23 bits per heavy atom. The van der Waals surface area contributed by atoms with Crippen molar-refractivity contribution in [2.24, 2.45) is 23.7 Å². The number of fused-ring (bicyclic) bond motifs is 2. The maximum atomic E-state index is 11.5. The van der Waals surface area contributed by atoms with Gasteiger partial charge in [-0.2, -0.15) is 0 Å². The molecule has 1 heterocycles. The summed E-state index contributed by atoms with van der Waals surface area (Å²) in [5.41, 5.74) is 0. The molecule has 4 fully saturated rings. The van der Waals surface area contributed by atoms with Crippen LogP contribution in [0.2, 0.25) is 0 Å². The van der Waals surface area contributed by atoms with Gasteiger partial charge in [0.1, 0.15) is 5.78 Å². The summed E-state index contributed by atoms with van der Waals surface area (Å²) in [4.78, 5) is 22.9. The fraction of sp³-hybridized carbons (Fsp3) is 0.800. The quantitative estimate of drug-likeness (QED) is 0.517. The van der Waals surface area contributed by atoms with Crippen molar-refractivity contribution in [3.63, 3.8) is 0 Å². The fourth-order valence-corrected chi connectivity index (χ4v) is 3.29. The minimum atomic E-state index is -0.0489. The smallest absolute Gasteiger partial charge is 0.309 e. The zero-order valence-electron chi connectivity index (χ0n) is 7.36. The van der Waals surface area contributed by atoms with Crippen molar-refractivity contribution >= 4 is 11.8 Å². The van der Waals surface area contributed by atoms with Crippen molar-refractivity contribution in [1.82, 2.24) is 0 Å². The lowest BCUT2D eigenvalue weighted by Gasteiger charge is -2.41. The first-order valence-corrected chi connectivity index (χ1v) is 4.96. The van der Waals surface area contributed by atoms with E-state index < -0.39 is 0 Å². The minimum Gasteiger partial charge on any atom is -0.465 e. The van der Waals surface area contributed by atoms with Gasteiger partial charge < -0.3 is 4.74 Å². The number of ketones is 1. The number of esters is 1. The minimum absolute atomic E-state index is 0.0489. The van der Waals surface area contributed by atoms with Crippen molar-refractivity contribution < 1.29 is 14.3 Å². The van der Waals surface area contributed by atoms with E-state index in [2.05, 4.69) is 0 Å². The highest BCUT2D eigenvalue weighted by molar-refractivity contribution is 5.87. The molecule has 4 unspecified atom stereocenters. The lowest BCUT2D eigenvalue weighted by molar-refractivity contribution is -0.146. The third-order valence-electron chi connectivity index (χ3n) is 3.90. The molecule has 0 N–H and O–H groups in total. The molecule has 0 aromatic rings. The van der Waals surface area contributed by atoms with Gasteiger partial charge in [0.2, 0.25) is 0 Å². The van der Waals surface area contributed by atoms with E-state index in [-0.39, 0.29) is 23.7 Å². The second kappa shape index (κ2) is 2.34. The molecule has 3 saturated carbocycles. The van der Waals surface area contributed by atoms with E-state index in [0.29, 0.717) is 24.7 Å². The summed E-state index contributed by atoms with van der Waals surface area (Å²) in [7, 11) is 0. The Morgan fingerprint density at radius 3 is 2.85 bits per heavy atom. The highest BCUT2D eigenvalue weighted by Gasteiger charge is 2.54. The van der Waals surface area contributed by atoms with Gasteiger partial charge in [0.05, 0.1) is 12.5 Å². The van der Waals surface area contributed by atoms with Crippen LogP contribution in [-0.2, 0) is 14.3 Å². The van der Waals surface area contributed by atoms with Crippen LogP contribution in [0.5, 0.6) is 0 Å². The number of ether oxygens (including phenoxy) is 1. The van der Waals surface area contributed by atoms with Gasteiger partial charge in [0.25, 0.3) is 0 Å². The van der Waals surface area contributed by atoms with Crippen molar-refractivity contribution in [1.29, 1.82) is 0 Å². The van der Waals surface area contributed by atoms with Gasteiger partial charge in [-0.25, -0.2) is 0 Å². The summed E-state index contributed by atoms with van der Waals surface area (Å²) in [5, 5.41) is 0. The van der Waals surface area contributed by atoms with Crippen LogP contribution in [0, 0.1) is 23.7 Å². The predicted molar refractivity (Wildman–Crippen MR) is 43.8 cm³/mol. The second-order valence-corrected chi connectivity index (χ2v) is 4.43. The first-order valence-electron chi connectivity index (χ1n) is 4.96. The molecular formula is C10H12O3. The molecule has 0 aromatic heterocycles. The van der Waals surface area contributed by atoms with Crippen molar-refractivity contribution in [2.75, 3.05) is 6.61 Å². The lowest BCUT2D eigenvalue weighted by atomic mass is 9.59. The monoisotopic (exact) mass is 180 g/mol. The molecule has 4 aliphatic rings. The van der Waals surface area contributed by atoms with Gasteiger partial charge in [-0.1, -0.05) is 0 Å². The Bertz CT molecular complexity index is 282. The van der Waals surface area contributed by atoms with Gasteiger partial charge in [-0.15, -0.1) is 0 Å². The second-order valence-electron chi connectivity index (χ2n) is 4.43. The van der Waals surface area contributed by atoms with Crippen LogP contribution in [0.3, 0.4) is 0 Å². The number of Topliss-reactive ketones (excluding diaryl/α,β-unsaturated/α-hetero) is 1. The molecule has 0 radical (unpaired) electrons. The fourth-order valence-electron chi connectivity index (χ4n) is 3.29. The maximum absolute atomic E-state index is 11.5. The topological polar surface area (TPSA) is 43.4 Å². The van der Waals surface area contributed by atoms with Crippen molar-refractivity contribution in [3.8, 4) is 0 Å². The van der Waals surface area contributed by atoms with Crippen LogP contribution >= 0.6 is 0 Å². The maximum Gasteiger partial charge on any atom is 0.309 e. The van der Waals surface area contributed by atoms with Gasteiger partial charge >= 0.3 is 5.97 Å². The van der Waals surface area contributed by atoms with E-state index in [1.807, 2.05) is 0 Å². The van der Waals surface area contributed by atoms with Gasteiger partial charge in [-0.3, -0.25) is 9.59 Å². The average Bonchev–Trinajstić information content (AvgIpc) is 2.50. The Labute approximate surface area is 76.4 Å². The normalized spacial score (nSPS) is 47.7. The van der Waals surface area contributed by atoms with Crippen LogP contribution < -0.4 is 0 Å². The summed E-state index contributed by atoms with van der Waals surface area (Å²) in [6.07, 6.45) is 2.66. The molecule has 2 bridgehead atoms. The van der Waals surface area contributed by atoms with Crippen molar-refractivity contribution in [2.45, 2.75) is 19.3 Å². The Hall–Kier alpha value is -0.860. The Kier molecular flexibility index (Phi) is 1.35. The summed E-state index contributed by atoms with van der Waals surface area (Å²) in [5.74, 6) is 1.06. The molecule has 0 spiro atoms. The number of cyclic esters (lactones) is 1. The van der Waals surface area contributed by atoms with Gasteiger partial charge in [-0.05, 0) is 18.8 Å². The van der Waals surface area contributed by atoms with Crippen LogP contribution in [0.25, 0.3) is 0 Å². The molecule has 1 saturated heterocycles. The third kappa shape index (κ3) is 0.847. The molecule has 3 heteroatoms. The Morgan fingerprint density at radius 2 is 2.08 bits per heavy atom. The molecule has 0 aromatic carbocycles. The lowest BCUT2D eigenvalue weighted by Crippen LogP contribution is -2.45. The van der Waals surface area contributed by atoms with E-state index in [4.69, 9.17) is 4.74 Å². The highest BCUT2D eigenvalue weighted by atomic mass is 16.5. The predicted octanol–water partition coefficient (Wildman–Crippen LogP) is 0.775. The van der Waals surface area contributed by atoms with Gasteiger partial charge in [0, 0.05) is 18.3 Å². The van der Waals surface area contributed by atoms with Crippen LogP contribution in [0.4, 0.5) is 0 Å². The first kappa shape index (κ1) is 7.54. The number of rotatable bonds is 0. The van der Waals surface area contributed by atoms with Crippen LogP contribution in [0.1, 0.15) is 19.3 Å². The van der Waals surface area contributed by atoms with Gasteiger partial charge in [0.15, 0.2) is 0 Å².